The van der Waals surface area contributed by atoms with Gasteiger partial charge in [-0.05, 0) is 27.1 Å². The Kier molecular flexibility index (Phi) is 4.43. The van der Waals surface area contributed by atoms with Crippen molar-refractivity contribution in [2.24, 2.45) is 4.99 Å². The largest absolute Gasteiger partial charge is 0.463 e. The second-order valence-corrected chi connectivity index (χ2v) is 3.82. The first-order valence-electron chi connectivity index (χ1n) is 5.32. The number of nitrogens with zero attached hydrogens (tertiary/aromatic N) is 2. The number of aliphatic imine (C=N–C) groups is 1. The quantitative estimate of drug-likeness (QED) is 0.527. The minimum atomic E-state index is -0.318. The maximum absolute atomic E-state index is 11.3. The number of hydrogen-bond donors (Lipinski definition) is 0. The molecule has 1 heterocycles. The molecule has 0 aliphatic carbocycles. The Morgan fingerprint density at radius 2 is 2.38 bits per heavy atom. The van der Waals surface area contributed by atoms with Crippen LogP contribution in [0.4, 0.5) is 0 Å². The summed E-state index contributed by atoms with van der Waals surface area (Å²) < 4.78 is 4.85. The van der Waals surface area contributed by atoms with Crippen molar-refractivity contribution >= 4 is 12.2 Å². The molecular weight excluding hydrogens is 204 g/mol. The van der Waals surface area contributed by atoms with Gasteiger partial charge in [-0.25, -0.2) is 4.79 Å². The molecule has 4 nitrogen and oxygen atoms in total. The van der Waals surface area contributed by atoms with E-state index in [0.717, 1.165) is 0 Å². The summed E-state index contributed by atoms with van der Waals surface area (Å²) in [6.07, 6.45) is 8.97. The van der Waals surface area contributed by atoms with E-state index in [1.807, 2.05) is 37.2 Å². The number of carbonyl (C=O) groups excluding carboxylic acids is 1. The molecule has 88 valence electrons. The van der Waals surface area contributed by atoms with Gasteiger partial charge in [0.2, 0.25) is 0 Å². The van der Waals surface area contributed by atoms with E-state index < -0.39 is 0 Å². The third kappa shape index (κ3) is 3.03. The van der Waals surface area contributed by atoms with Crippen LogP contribution in [0.15, 0.2) is 29.3 Å². The summed E-state index contributed by atoms with van der Waals surface area (Å²) >= 11 is 0. The van der Waals surface area contributed by atoms with E-state index in [1.54, 1.807) is 13.1 Å². The standard InChI is InChI=1S/C12H18N2O2/c1-4-16-11(15)6-8-12(14(2)3)7-5-9-13-10-12/h5-9H,4,10H2,1-3H3. The van der Waals surface area contributed by atoms with Crippen LogP contribution in [0, 0.1) is 0 Å². The minimum Gasteiger partial charge on any atom is -0.463 e. The van der Waals surface area contributed by atoms with Gasteiger partial charge in [-0.3, -0.25) is 9.89 Å². The average Bonchev–Trinajstić information content (AvgIpc) is 2.28. The third-order valence-corrected chi connectivity index (χ3v) is 2.55. The lowest BCUT2D eigenvalue weighted by Gasteiger charge is -2.34. The Hall–Kier alpha value is -1.42. The van der Waals surface area contributed by atoms with Gasteiger partial charge in [-0.2, -0.15) is 0 Å². The van der Waals surface area contributed by atoms with Gasteiger partial charge in [0.05, 0.1) is 18.7 Å². The lowest BCUT2D eigenvalue weighted by atomic mass is 9.95. The molecule has 0 fully saturated rings. The zero-order valence-electron chi connectivity index (χ0n) is 10.0. The molecule has 0 aromatic carbocycles. The molecule has 1 rings (SSSR count). The Labute approximate surface area is 96.3 Å². The van der Waals surface area contributed by atoms with Gasteiger partial charge in [-0.15, -0.1) is 0 Å². The first-order valence-corrected chi connectivity index (χ1v) is 5.32. The average molecular weight is 222 g/mol. The van der Waals surface area contributed by atoms with Crippen LogP contribution in [0.3, 0.4) is 0 Å². The highest BCUT2D eigenvalue weighted by molar-refractivity contribution is 5.82. The van der Waals surface area contributed by atoms with E-state index in [4.69, 9.17) is 4.74 Å². The molecule has 0 bridgehead atoms. The Morgan fingerprint density at radius 3 is 2.88 bits per heavy atom. The van der Waals surface area contributed by atoms with Crippen LogP contribution < -0.4 is 0 Å². The van der Waals surface area contributed by atoms with Crippen LogP contribution in [-0.2, 0) is 9.53 Å². The van der Waals surface area contributed by atoms with Crippen molar-refractivity contribution in [3.63, 3.8) is 0 Å². The monoisotopic (exact) mass is 222 g/mol. The van der Waals surface area contributed by atoms with Crippen molar-refractivity contribution < 1.29 is 9.53 Å². The smallest absolute Gasteiger partial charge is 0.330 e. The Bertz CT molecular complexity index is 332. The van der Waals surface area contributed by atoms with Crippen molar-refractivity contribution in [2.45, 2.75) is 12.5 Å². The van der Waals surface area contributed by atoms with Gasteiger partial charge < -0.3 is 4.74 Å². The SMILES string of the molecule is CCOC(=O)C=CC1(N(C)C)C=CC=NC1. The van der Waals surface area contributed by atoms with Crippen molar-refractivity contribution in [3.8, 4) is 0 Å². The van der Waals surface area contributed by atoms with E-state index in [9.17, 15) is 4.79 Å². The molecule has 0 saturated carbocycles. The number of esters is 1. The van der Waals surface area contributed by atoms with Gasteiger partial charge in [-0.1, -0.05) is 12.2 Å². The summed E-state index contributed by atoms with van der Waals surface area (Å²) in [6, 6.07) is 0. The van der Waals surface area contributed by atoms with Gasteiger partial charge in [0.15, 0.2) is 0 Å². The lowest BCUT2D eigenvalue weighted by molar-refractivity contribution is -0.137. The van der Waals surface area contributed by atoms with Gasteiger partial charge in [0.1, 0.15) is 0 Å². The number of likely N-dealkylation sites (N-methyl/N-ethyl adjacent to an activating group) is 1. The van der Waals surface area contributed by atoms with Gasteiger partial charge in [0.25, 0.3) is 0 Å². The zero-order valence-corrected chi connectivity index (χ0v) is 10.0. The topological polar surface area (TPSA) is 41.9 Å². The number of allylic oxidation sites excluding steroid dienone is 1. The molecule has 0 aromatic heterocycles. The van der Waals surface area contributed by atoms with Gasteiger partial charge in [0, 0.05) is 12.3 Å². The molecule has 0 spiro atoms. The van der Waals surface area contributed by atoms with Crippen molar-refractivity contribution in [2.75, 3.05) is 27.2 Å². The van der Waals surface area contributed by atoms with E-state index in [1.165, 1.54) is 6.08 Å². The van der Waals surface area contributed by atoms with Crippen molar-refractivity contribution in [3.05, 3.63) is 24.3 Å². The summed E-state index contributed by atoms with van der Waals surface area (Å²) in [6.45, 7) is 2.80. The summed E-state index contributed by atoms with van der Waals surface area (Å²) in [5.41, 5.74) is -0.318. The first kappa shape index (κ1) is 12.6. The molecule has 0 N–H and O–H groups in total. The summed E-state index contributed by atoms with van der Waals surface area (Å²) in [5.74, 6) is -0.313. The molecule has 0 aromatic rings. The molecule has 0 saturated heterocycles. The highest BCUT2D eigenvalue weighted by Gasteiger charge is 2.27. The van der Waals surface area contributed by atoms with Crippen LogP contribution in [-0.4, -0.2) is 49.9 Å². The number of dihydropyridines is 1. The first-order chi connectivity index (χ1) is 7.60. The highest BCUT2D eigenvalue weighted by Crippen LogP contribution is 2.19. The summed E-state index contributed by atoms with van der Waals surface area (Å²) in [4.78, 5) is 17.5. The van der Waals surface area contributed by atoms with E-state index in [-0.39, 0.29) is 11.5 Å². The lowest BCUT2D eigenvalue weighted by Crippen LogP contribution is -2.44. The maximum atomic E-state index is 11.3. The Balaban J connectivity index is 2.76. The van der Waals surface area contributed by atoms with Crippen LogP contribution in [0.5, 0.6) is 0 Å². The molecule has 16 heavy (non-hydrogen) atoms. The molecule has 1 aliphatic rings. The maximum Gasteiger partial charge on any atom is 0.330 e. The molecule has 1 atom stereocenters. The van der Waals surface area contributed by atoms with Gasteiger partial charge >= 0.3 is 5.97 Å². The van der Waals surface area contributed by atoms with Crippen LogP contribution in [0.1, 0.15) is 6.92 Å². The predicted molar refractivity (Wildman–Crippen MR) is 64.7 cm³/mol. The number of carbonyl (C=O) groups is 1. The third-order valence-electron chi connectivity index (χ3n) is 2.55. The number of hydrogen-bond acceptors (Lipinski definition) is 4. The molecule has 4 heteroatoms. The zero-order chi connectivity index (χ0) is 12.0. The Morgan fingerprint density at radius 1 is 1.62 bits per heavy atom. The molecule has 1 unspecified atom stereocenters. The summed E-state index contributed by atoms with van der Waals surface area (Å²) in [7, 11) is 3.92. The molecule has 0 radical (unpaired) electrons. The molecule has 0 amide bonds. The van der Waals surface area contributed by atoms with E-state index >= 15 is 0 Å². The second-order valence-electron chi connectivity index (χ2n) is 3.82. The van der Waals surface area contributed by atoms with Crippen molar-refractivity contribution in [1.82, 2.24) is 4.90 Å². The highest BCUT2D eigenvalue weighted by atomic mass is 16.5. The molecule has 1 aliphatic heterocycles. The molecular formula is C12H18N2O2. The van der Waals surface area contributed by atoms with Crippen LogP contribution in [0.2, 0.25) is 0 Å². The predicted octanol–water partition coefficient (Wildman–Crippen LogP) is 1.05. The van der Waals surface area contributed by atoms with E-state index in [2.05, 4.69) is 4.99 Å². The second kappa shape index (κ2) is 5.61. The number of rotatable bonds is 4. The normalized spacial score (nSPS) is 24.2. The van der Waals surface area contributed by atoms with Crippen LogP contribution in [0.25, 0.3) is 0 Å². The van der Waals surface area contributed by atoms with Crippen LogP contribution >= 0.6 is 0 Å². The number of ether oxygens (including phenoxy) is 1. The summed E-state index contributed by atoms with van der Waals surface area (Å²) in [5, 5.41) is 0. The fourth-order valence-corrected chi connectivity index (χ4v) is 1.47. The van der Waals surface area contributed by atoms with Crippen molar-refractivity contribution in [1.29, 1.82) is 0 Å². The fourth-order valence-electron chi connectivity index (χ4n) is 1.47. The fraction of sp³-hybridized carbons (Fsp3) is 0.500. The minimum absolute atomic E-state index is 0.313. The van der Waals surface area contributed by atoms with E-state index in [0.29, 0.717) is 13.2 Å².